The van der Waals surface area contributed by atoms with Crippen molar-refractivity contribution in [3.63, 3.8) is 0 Å². The molecule has 1 amide bonds. The normalized spacial score (nSPS) is 17.0. The highest BCUT2D eigenvalue weighted by Crippen LogP contribution is 2.22. The van der Waals surface area contributed by atoms with Gasteiger partial charge >= 0.3 is 0 Å². The van der Waals surface area contributed by atoms with Crippen molar-refractivity contribution in [1.29, 1.82) is 0 Å². The van der Waals surface area contributed by atoms with E-state index in [2.05, 4.69) is 20.3 Å². The molecule has 1 atom stereocenters. The third-order valence-corrected chi connectivity index (χ3v) is 4.76. The largest absolute Gasteiger partial charge is 0.384 e. The molecule has 0 bridgehead atoms. The molecule has 1 saturated heterocycles. The van der Waals surface area contributed by atoms with Gasteiger partial charge < -0.3 is 15.0 Å². The van der Waals surface area contributed by atoms with Crippen LogP contribution in [0.25, 0.3) is 0 Å². The second-order valence-electron chi connectivity index (χ2n) is 6.98. The number of ether oxygens (including phenoxy) is 1. The lowest BCUT2D eigenvalue weighted by molar-refractivity contribution is -0.133. The van der Waals surface area contributed by atoms with Crippen molar-refractivity contribution in [2.45, 2.75) is 32.6 Å². The van der Waals surface area contributed by atoms with Crippen LogP contribution in [0.3, 0.4) is 0 Å². The number of aryl methyl sites for hydroxylation is 1. The molecule has 144 valence electrons. The average Bonchev–Trinajstić information content (AvgIpc) is 2.66. The molecule has 3 heterocycles. The van der Waals surface area contributed by atoms with E-state index in [1.54, 1.807) is 13.4 Å². The monoisotopic (exact) mass is 369 g/mol. The fraction of sp³-hybridized carbons (Fsp3) is 0.500. The lowest BCUT2D eigenvalue weighted by Crippen LogP contribution is -2.40. The summed E-state index contributed by atoms with van der Waals surface area (Å²) in [6.45, 7) is 4.07. The van der Waals surface area contributed by atoms with Crippen LogP contribution in [-0.4, -0.2) is 52.6 Å². The third kappa shape index (κ3) is 5.72. The van der Waals surface area contributed by atoms with Gasteiger partial charge in [-0.3, -0.25) is 4.79 Å². The van der Waals surface area contributed by atoms with Gasteiger partial charge in [-0.05, 0) is 44.2 Å². The van der Waals surface area contributed by atoms with Crippen LogP contribution in [-0.2, 0) is 16.0 Å². The predicted octanol–water partition coefficient (Wildman–Crippen LogP) is 2.74. The number of nitrogens with zero attached hydrogens (tertiary/aromatic N) is 4. The molecule has 0 radical (unpaired) electrons. The van der Waals surface area contributed by atoms with Crippen molar-refractivity contribution in [2.24, 2.45) is 5.92 Å². The maximum absolute atomic E-state index is 12.2. The number of rotatable bonds is 7. The van der Waals surface area contributed by atoms with Crippen molar-refractivity contribution < 1.29 is 9.53 Å². The molecule has 0 aliphatic carbocycles. The van der Waals surface area contributed by atoms with Crippen LogP contribution in [0.4, 0.5) is 11.6 Å². The summed E-state index contributed by atoms with van der Waals surface area (Å²) in [5.41, 5.74) is 1.94. The molecule has 1 aliphatic rings. The van der Waals surface area contributed by atoms with Crippen LogP contribution in [0.1, 0.15) is 30.7 Å². The van der Waals surface area contributed by atoms with Gasteiger partial charge in [-0.25, -0.2) is 15.0 Å². The molecule has 2 aromatic heterocycles. The van der Waals surface area contributed by atoms with E-state index in [-0.39, 0.29) is 5.91 Å². The van der Waals surface area contributed by atoms with Crippen molar-refractivity contribution in [2.75, 3.05) is 32.1 Å². The van der Waals surface area contributed by atoms with E-state index in [0.717, 1.165) is 55.4 Å². The lowest BCUT2D eigenvalue weighted by Gasteiger charge is -2.32. The van der Waals surface area contributed by atoms with Gasteiger partial charge in [0.1, 0.15) is 18.0 Å². The summed E-state index contributed by atoms with van der Waals surface area (Å²) < 4.78 is 5.02. The Hall–Kier alpha value is -2.54. The van der Waals surface area contributed by atoms with Crippen LogP contribution in [0.15, 0.2) is 30.6 Å². The molecular weight excluding hydrogens is 342 g/mol. The first-order valence-electron chi connectivity index (χ1n) is 9.42. The van der Waals surface area contributed by atoms with Crippen LogP contribution in [0.5, 0.6) is 0 Å². The molecule has 27 heavy (non-hydrogen) atoms. The first-order chi connectivity index (χ1) is 13.1. The zero-order chi connectivity index (χ0) is 19.1. The Bertz CT molecular complexity index is 768. The van der Waals surface area contributed by atoms with Crippen molar-refractivity contribution in [1.82, 2.24) is 19.9 Å². The lowest BCUT2D eigenvalue weighted by atomic mass is 9.93. The van der Waals surface area contributed by atoms with Gasteiger partial charge in [0.15, 0.2) is 0 Å². The van der Waals surface area contributed by atoms with Crippen molar-refractivity contribution in [3.8, 4) is 0 Å². The molecule has 0 unspecified atom stereocenters. The Morgan fingerprint density at radius 3 is 3.04 bits per heavy atom. The summed E-state index contributed by atoms with van der Waals surface area (Å²) in [7, 11) is 1.62. The van der Waals surface area contributed by atoms with Gasteiger partial charge in [0.25, 0.3) is 0 Å². The molecule has 3 rings (SSSR count). The highest BCUT2D eigenvalue weighted by molar-refractivity contribution is 5.76. The second kappa shape index (κ2) is 9.41. The molecule has 1 fully saturated rings. The van der Waals surface area contributed by atoms with Gasteiger partial charge in [-0.15, -0.1) is 0 Å². The van der Waals surface area contributed by atoms with Crippen LogP contribution in [0.2, 0.25) is 0 Å². The summed E-state index contributed by atoms with van der Waals surface area (Å²) in [6, 6.07) is 7.80. The van der Waals surface area contributed by atoms with Crippen LogP contribution < -0.4 is 5.32 Å². The molecule has 0 aromatic carbocycles. The standard InChI is InChI=1S/C20H27N5O2/c1-15-5-3-7-18(23-15)24-19-12-17(21-14-22-19)11-16-6-4-9-25(13-16)20(26)8-10-27-2/h3,5,7,12,14,16H,4,6,8-11,13H2,1-2H3,(H,21,22,23,24)/t16-/m1/s1. The number of methoxy groups -OCH3 is 1. The van der Waals surface area contributed by atoms with E-state index in [1.807, 2.05) is 36.1 Å². The number of pyridine rings is 1. The fourth-order valence-electron chi connectivity index (χ4n) is 3.42. The number of amides is 1. The molecular formula is C20H27N5O2. The quantitative estimate of drug-likeness (QED) is 0.808. The van der Waals surface area contributed by atoms with Gasteiger partial charge in [0.05, 0.1) is 13.0 Å². The highest BCUT2D eigenvalue weighted by atomic mass is 16.5. The Morgan fingerprint density at radius 1 is 1.33 bits per heavy atom. The summed E-state index contributed by atoms with van der Waals surface area (Å²) in [5, 5.41) is 3.23. The van der Waals surface area contributed by atoms with E-state index in [9.17, 15) is 4.79 Å². The number of hydrogen-bond donors (Lipinski definition) is 1. The van der Waals surface area contributed by atoms with Gasteiger partial charge in [0.2, 0.25) is 5.91 Å². The summed E-state index contributed by atoms with van der Waals surface area (Å²) >= 11 is 0. The number of anilines is 2. The number of carbonyl (C=O) groups is 1. The summed E-state index contributed by atoms with van der Waals surface area (Å²) in [4.78, 5) is 27.4. The van der Waals surface area contributed by atoms with E-state index in [1.165, 1.54) is 0 Å². The Morgan fingerprint density at radius 2 is 2.22 bits per heavy atom. The molecule has 1 N–H and O–H groups in total. The smallest absolute Gasteiger partial charge is 0.224 e. The molecule has 0 saturated carbocycles. The number of hydrogen-bond acceptors (Lipinski definition) is 6. The molecule has 2 aromatic rings. The van der Waals surface area contributed by atoms with Crippen molar-refractivity contribution in [3.05, 3.63) is 42.0 Å². The zero-order valence-electron chi connectivity index (χ0n) is 16.0. The number of likely N-dealkylation sites (tertiary alicyclic amines) is 1. The van der Waals surface area contributed by atoms with E-state index >= 15 is 0 Å². The van der Waals surface area contributed by atoms with Gasteiger partial charge in [-0.1, -0.05) is 6.07 Å². The minimum absolute atomic E-state index is 0.178. The molecule has 0 spiro atoms. The highest BCUT2D eigenvalue weighted by Gasteiger charge is 2.24. The number of carbonyl (C=O) groups excluding carboxylic acids is 1. The maximum Gasteiger partial charge on any atom is 0.224 e. The van der Waals surface area contributed by atoms with E-state index < -0.39 is 0 Å². The van der Waals surface area contributed by atoms with Gasteiger partial charge in [0, 0.05) is 37.7 Å². The van der Waals surface area contributed by atoms with Gasteiger partial charge in [-0.2, -0.15) is 0 Å². The molecule has 7 heteroatoms. The summed E-state index contributed by atoms with van der Waals surface area (Å²) in [6.07, 6.45) is 5.02. The topological polar surface area (TPSA) is 80.2 Å². The number of nitrogens with one attached hydrogen (secondary N) is 1. The zero-order valence-corrected chi connectivity index (χ0v) is 16.0. The van der Waals surface area contributed by atoms with E-state index in [4.69, 9.17) is 4.74 Å². The predicted molar refractivity (Wildman–Crippen MR) is 104 cm³/mol. The Balaban J connectivity index is 1.59. The SMILES string of the molecule is COCCC(=O)N1CCC[C@H](Cc2cc(Nc3cccc(C)n3)ncn2)C1. The minimum atomic E-state index is 0.178. The molecule has 7 nitrogen and oxygen atoms in total. The molecule has 1 aliphatic heterocycles. The van der Waals surface area contributed by atoms with Crippen molar-refractivity contribution >= 4 is 17.5 Å². The fourth-order valence-corrected chi connectivity index (χ4v) is 3.42. The first-order valence-corrected chi connectivity index (χ1v) is 9.42. The first kappa shape index (κ1) is 19.2. The second-order valence-corrected chi connectivity index (χ2v) is 6.98. The Kier molecular flexibility index (Phi) is 6.70. The third-order valence-electron chi connectivity index (χ3n) is 4.76. The van der Waals surface area contributed by atoms with E-state index in [0.29, 0.717) is 18.9 Å². The van der Waals surface area contributed by atoms with Crippen LogP contribution in [0, 0.1) is 12.8 Å². The number of aromatic nitrogens is 3. The summed E-state index contributed by atoms with van der Waals surface area (Å²) in [5.74, 6) is 2.11. The average molecular weight is 369 g/mol. The maximum atomic E-state index is 12.2. The number of piperidine rings is 1. The Labute approximate surface area is 160 Å². The van der Waals surface area contributed by atoms with Crippen LogP contribution >= 0.6 is 0 Å². The minimum Gasteiger partial charge on any atom is -0.384 e.